The number of aliphatic hydroxyl groups excluding tert-OH is 2. The number of unbranched alkanes of at least 4 members (excludes halogenated alkanes) is 1. The van der Waals surface area contributed by atoms with Gasteiger partial charge in [0.2, 0.25) is 0 Å². The predicted octanol–water partition coefficient (Wildman–Crippen LogP) is 0.461. The molecule has 0 heterocycles. The van der Waals surface area contributed by atoms with E-state index in [-0.39, 0.29) is 6.61 Å². The molecule has 0 saturated heterocycles. The van der Waals surface area contributed by atoms with Crippen LogP contribution in [-0.4, -0.2) is 35.0 Å². The van der Waals surface area contributed by atoms with Crippen molar-refractivity contribution in [3.8, 4) is 0 Å². The number of ether oxygens (including phenoxy) is 1. The molecular formula is C9H18O4. The molecule has 0 aromatic rings. The molecule has 2 atom stereocenters. The first-order valence-electron chi connectivity index (χ1n) is 4.61. The molecule has 4 heteroatoms. The minimum absolute atomic E-state index is 0.216. The highest BCUT2D eigenvalue weighted by atomic mass is 16.6. The van der Waals surface area contributed by atoms with E-state index in [1.165, 1.54) is 0 Å². The molecule has 0 bridgehead atoms. The molecule has 0 saturated carbocycles. The zero-order valence-electron chi connectivity index (χ0n) is 8.19. The third kappa shape index (κ3) is 5.60. The van der Waals surface area contributed by atoms with Crippen molar-refractivity contribution in [1.29, 1.82) is 0 Å². The maximum atomic E-state index is 11.0. The van der Waals surface area contributed by atoms with E-state index in [0.717, 1.165) is 12.8 Å². The van der Waals surface area contributed by atoms with Crippen LogP contribution in [0.1, 0.15) is 33.1 Å². The van der Waals surface area contributed by atoms with E-state index in [1.807, 2.05) is 6.92 Å². The third-order valence-electron chi connectivity index (χ3n) is 1.68. The molecule has 4 nitrogen and oxygen atoms in total. The Bertz CT molecular complexity index is 147. The van der Waals surface area contributed by atoms with Crippen molar-refractivity contribution >= 4 is 5.97 Å². The van der Waals surface area contributed by atoms with Crippen LogP contribution >= 0.6 is 0 Å². The average Bonchev–Trinajstić information content (AvgIpc) is 2.13. The zero-order valence-corrected chi connectivity index (χ0v) is 8.19. The summed E-state index contributed by atoms with van der Waals surface area (Å²) >= 11 is 0. The van der Waals surface area contributed by atoms with Gasteiger partial charge in [0.15, 0.2) is 6.10 Å². The Morgan fingerprint density at radius 3 is 2.62 bits per heavy atom. The molecule has 2 unspecified atom stereocenters. The van der Waals surface area contributed by atoms with Gasteiger partial charge in [-0.15, -0.1) is 0 Å². The van der Waals surface area contributed by atoms with Gasteiger partial charge in [-0.05, 0) is 13.3 Å². The van der Waals surface area contributed by atoms with Gasteiger partial charge in [-0.2, -0.15) is 0 Å². The van der Waals surface area contributed by atoms with Gasteiger partial charge in [0.25, 0.3) is 0 Å². The van der Waals surface area contributed by atoms with Crippen LogP contribution in [0.2, 0.25) is 0 Å². The van der Waals surface area contributed by atoms with Gasteiger partial charge < -0.3 is 14.9 Å². The SMILES string of the molecule is CCCCC(O)C(=O)OC(C)CO. The molecule has 0 aliphatic rings. The number of aliphatic hydroxyl groups is 2. The topological polar surface area (TPSA) is 66.8 Å². The van der Waals surface area contributed by atoms with Gasteiger partial charge in [-0.1, -0.05) is 19.8 Å². The van der Waals surface area contributed by atoms with Crippen LogP contribution in [-0.2, 0) is 9.53 Å². The van der Waals surface area contributed by atoms with E-state index in [2.05, 4.69) is 0 Å². The highest BCUT2D eigenvalue weighted by Gasteiger charge is 2.17. The molecule has 0 aliphatic carbocycles. The molecule has 13 heavy (non-hydrogen) atoms. The van der Waals surface area contributed by atoms with E-state index in [0.29, 0.717) is 6.42 Å². The third-order valence-corrected chi connectivity index (χ3v) is 1.68. The maximum Gasteiger partial charge on any atom is 0.335 e. The molecular weight excluding hydrogens is 172 g/mol. The van der Waals surface area contributed by atoms with Crippen molar-refractivity contribution in [3.63, 3.8) is 0 Å². The van der Waals surface area contributed by atoms with Crippen molar-refractivity contribution in [2.24, 2.45) is 0 Å². The smallest absolute Gasteiger partial charge is 0.335 e. The summed E-state index contributed by atoms with van der Waals surface area (Å²) in [6.45, 7) is 3.34. The van der Waals surface area contributed by atoms with E-state index in [1.54, 1.807) is 6.92 Å². The van der Waals surface area contributed by atoms with Gasteiger partial charge in [0.05, 0.1) is 6.61 Å². The number of rotatable bonds is 6. The van der Waals surface area contributed by atoms with Crippen LogP contribution in [0, 0.1) is 0 Å². The summed E-state index contributed by atoms with van der Waals surface area (Å²) in [6.07, 6.45) is 0.565. The number of hydrogen-bond acceptors (Lipinski definition) is 4. The first kappa shape index (κ1) is 12.4. The molecule has 0 fully saturated rings. The molecule has 0 radical (unpaired) electrons. The van der Waals surface area contributed by atoms with E-state index in [4.69, 9.17) is 9.84 Å². The molecule has 0 amide bonds. The van der Waals surface area contributed by atoms with E-state index >= 15 is 0 Å². The highest BCUT2D eigenvalue weighted by molar-refractivity contribution is 5.74. The predicted molar refractivity (Wildman–Crippen MR) is 48.2 cm³/mol. The van der Waals surface area contributed by atoms with Crippen LogP contribution in [0.3, 0.4) is 0 Å². The highest BCUT2D eigenvalue weighted by Crippen LogP contribution is 2.03. The lowest BCUT2D eigenvalue weighted by molar-refractivity contribution is -0.160. The monoisotopic (exact) mass is 190 g/mol. The lowest BCUT2D eigenvalue weighted by Gasteiger charge is -2.13. The van der Waals surface area contributed by atoms with Gasteiger partial charge in [-0.25, -0.2) is 4.79 Å². The lowest BCUT2D eigenvalue weighted by Crippen LogP contribution is -2.28. The van der Waals surface area contributed by atoms with Gasteiger partial charge in [-0.3, -0.25) is 0 Å². The van der Waals surface area contributed by atoms with Gasteiger partial charge >= 0.3 is 5.97 Å². The molecule has 0 rings (SSSR count). The molecule has 0 spiro atoms. The molecule has 0 aromatic carbocycles. The van der Waals surface area contributed by atoms with E-state index in [9.17, 15) is 9.90 Å². The van der Waals surface area contributed by atoms with Crippen molar-refractivity contribution in [2.75, 3.05) is 6.61 Å². The van der Waals surface area contributed by atoms with Crippen LogP contribution in [0.25, 0.3) is 0 Å². The fourth-order valence-electron chi connectivity index (χ4n) is 0.829. The second-order valence-electron chi connectivity index (χ2n) is 3.09. The maximum absolute atomic E-state index is 11.0. The van der Waals surface area contributed by atoms with Crippen molar-refractivity contribution in [2.45, 2.75) is 45.3 Å². The molecule has 78 valence electrons. The average molecular weight is 190 g/mol. The Hall–Kier alpha value is -0.610. The summed E-state index contributed by atoms with van der Waals surface area (Å²) in [7, 11) is 0. The summed E-state index contributed by atoms with van der Waals surface area (Å²) in [5.41, 5.74) is 0. The van der Waals surface area contributed by atoms with Gasteiger partial charge in [0, 0.05) is 0 Å². The standard InChI is InChI=1S/C9H18O4/c1-3-4-5-8(11)9(12)13-7(2)6-10/h7-8,10-11H,3-6H2,1-2H3. The summed E-state index contributed by atoms with van der Waals surface area (Å²) in [6, 6.07) is 0. The Balaban J connectivity index is 3.68. The van der Waals surface area contributed by atoms with Crippen LogP contribution in [0.5, 0.6) is 0 Å². The quantitative estimate of drug-likeness (QED) is 0.597. The minimum atomic E-state index is -1.05. The Labute approximate surface area is 78.5 Å². The van der Waals surface area contributed by atoms with E-state index < -0.39 is 18.2 Å². The molecule has 2 N–H and O–H groups in total. The Morgan fingerprint density at radius 2 is 2.15 bits per heavy atom. The fourth-order valence-corrected chi connectivity index (χ4v) is 0.829. The van der Waals surface area contributed by atoms with Crippen LogP contribution in [0.15, 0.2) is 0 Å². The molecule has 0 aliphatic heterocycles. The normalized spacial score (nSPS) is 15.1. The summed E-state index contributed by atoms with van der Waals surface area (Å²) in [5.74, 6) is -0.644. The largest absolute Gasteiger partial charge is 0.458 e. The summed E-state index contributed by atoms with van der Waals surface area (Å²) < 4.78 is 4.72. The molecule has 0 aromatic heterocycles. The Morgan fingerprint density at radius 1 is 1.54 bits per heavy atom. The van der Waals surface area contributed by atoms with Crippen LogP contribution < -0.4 is 0 Å². The van der Waals surface area contributed by atoms with Crippen molar-refractivity contribution in [1.82, 2.24) is 0 Å². The summed E-state index contributed by atoms with van der Waals surface area (Å²) in [5, 5.41) is 17.8. The lowest BCUT2D eigenvalue weighted by atomic mass is 10.2. The first-order valence-corrected chi connectivity index (χ1v) is 4.61. The van der Waals surface area contributed by atoms with Crippen molar-refractivity contribution < 1.29 is 19.7 Å². The fraction of sp³-hybridized carbons (Fsp3) is 0.889. The zero-order chi connectivity index (χ0) is 10.3. The summed E-state index contributed by atoms with van der Waals surface area (Å²) in [4.78, 5) is 11.0. The van der Waals surface area contributed by atoms with Crippen molar-refractivity contribution in [3.05, 3.63) is 0 Å². The van der Waals surface area contributed by atoms with Crippen LogP contribution in [0.4, 0.5) is 0 Å². The Kier molecular flexibility index (Phi) is 6.54. The number of carbonyl (C=O) groups excluding carboxylic acids is 1. The van der Waals surface area contributed by atoms with Gasteiger partial charge in [0.1, 0.15) is 6.10 Å². The number of carbonyl (C=O) groups is 1. The number of hydrogen-bond donors (Lipinski definition) is 2. The number of esters is 1. The second kappa shape index (κ2) is 6.86. The first-order chi connectivity index (χ1) is 6.11. The second-order valence-corrected chi connectivity index (χ2v) is 3.09. The minimum Gasteiger partial charge on any atom is -0.458 e.